The van der Waals surface area contributed by atoms with Crippen molar-refractivity contribution >= 4 is 28.3 Å². The van der Waals surface area contributed by atoms with Gasteiger partial charge in [-0.05, 0) is 24.0 Å². The summed E-state index contributed by atoms with van der Waals surface area (Å²) in [5, 5.41) is 3.61. The number of anilines is 1. The molecule has 1 aliphatic heterocycles. The molecule has 1 aliphatic carbocycles. The van der Waals surface area contributed by atoms with Crippen LogP contribution in [0, 0.1) is 5.92 Å². The molecule has 31 heavy (non-hydrogen) atoms. The summed E-state index contributed by atoms with van der Waals surface area (Å²) in [5.74, 6) is 0.422. The maximum absolute atomic E-state index is 13.3. The number of thiazole rings is 1. The zero-order valence-corrected chi connectivity index (χ0v) is 18.1. The number of amides is 2. The van der Waals surface area contributed by atoms with Crippen LogP contribution in [-0.4, -0.2) is 28.2 Å². The predicted molar refractivity (Wildman–Crippen MR) is 122 cm³/mol. The van der Waals surface area contributed by atoms with Gasteiger partial charge in [0.25, 0.3) is 0 Å². The SMILES string of the molecule is O=C(Nc1nc2c(s1)CN(C(=O)CC(c1ccccc1)c1ccccc1)CC2)C1CC1. The summed E-state index contributed by atoms with van der Waals surface area (Å²) in [6.07, 6.45) is 3.12. The zero-order valence-electron chi connectivity index (χ0n) is 17.3. The molecule has 6 heteroatoms. The van der Waals surface area contributed by atoms with Crippen LogP contribution in [0.3, 0.4) is 0 Å². The number of aromatic nitrogens is 1. The number of rotatable bonds is 6. The Morgan fingerprint density at radius 1 is 1.03 bits per heavy atom. The molecule has 2 heterocycles. The summed E-state index contributed by atoms with van der Waals surface area (Å²) in [4.78, 5) is 33.0. The molecule has 2 aliphatic rings. The Balaban J connectivity index is 1.30. The molecule has 1 fully saturated rings. The maximum Gasteiger partial charge on any atom is 0.229 e. The Kier molecular flexibility index (Phi) is 5.55. The van der Waals surface area contributed by atoms with Crippen molar-refractivity contribution in [3.63, 3.8) is 0 Å². The lowest BCUT2D eigenvalue weighted by molar-refractivity contribution is -0.132. The molecule has 1 aromatic heterocycles. The summed E-state index contributed by atoms with van der Waals surface area (Å²) in [7, 11) is 0. The normalized spacial score (nSPS) is 15.6. The summed E-state index contributed by atoms with van der Waals surface area (Å²) >= 11 is 1.50. The van der Waals surface area contributed by atoms with Crippen LogP contribution in [0.1, 0.15) is 46.9 Å². The van der Waals surface area contributed by atoms with Gasteiger partial charge in [-0.15, -0.1) is 0 Å². The first kappa shape index (κ1) is 19.9. The molecule has 2 aromatic carbocycles. The average Bonchev–Trinajstić information content (AvgIpc) is 3.58. The van der Waals surface area contributed by atoms with E-state index in [-0.39, 0.29) is 23.7 Å². The Labute approximate surface area is 186 Å². The van der Waals surface area contributed by atoms with Gasteiger partial charge in [0.15, 0.2) is 5.13 Å². The van der Waals surface area contributed by atoms with Gasteiger partial charge in [0.2, 0.25) is 11.8 Å². The lowest BCUT2D eigenvalue weighted by Crippen LogP contribution is -2.36. The largest absolute Gasteiger partial charge is 0.337 e. The van der Waals surface area contributed by atoms with Crippen molar-refractivity contribution in [1.82, 2.24) is 9.88 Å². The van der Waals surface area contributed by atoms with Gasteiger partial charge in [-0.3, -0.25) is 9.59 Å². The molecule has 2 amide bonds. The van der Waals surface area contributed by atoms with Crippen molar-refractivity contribution < 1.29 is 9.59 Å². The van der Waals surface area contributed by atoms with E-state index in [4.69, 9.17) is 0 Å². The summed E-state index contributed by atoms with van der Waals surface area (Å²) in [6, 6.07) is 20.5. The average molecular weight is 432 g/mol. The lowest BCUT2D eigenvalue weighted by Gasteiger charge is -2.28. The van der Waals surface area contributed by atoms with Crippen LogP contribution < -0.4 is 5.32 Å². The van der Waals surface area contributed by atoms with E-state index in [1.54, 1.807) is 0 Å². The van der Waals surface area contributed by atoms with E-state index in [0.717, 1.165) is 41.0 Å². The number of carbonyl (C=O) groups excluding carboxylic acids is 2. The number of carbonyl (C=O) groups is 2. The van der Waals surface area contributed by atoms with Crippen molar-refractivity contribution in [2.45, 2.75) is 38.1 Å². The molecule has 0 saturated heterocycles. The molecular weight excluding hydrogens is 406 g/mol. The van der Waals surface area contributed by atoms with E-state index in [1.807, 2.05) is 41.3 Å². The van der Waals surface area contributed by atoms with E-state index in [2.05, 4.69) is 34.6 Å². The lowest BCUT2D eigenvalue weighted by atomic mass is 9.88. The van der Waals surface area contributed by atoms with Gasteiger partial charge < -0.3 is 10.2 Å². The fourth-order valence-electron chi connectivity index (χ4n) is 4.12. The van der Waals surface area contributed by atoms with Crippen molar-refractivity contribution in [3.8, 4) is 0 Å². The third-order valence-electron chi connectivity index (χ3n) is 6.04. The quantitative estimate of drug-likeness (QED) is 0.621. The minimum absolute atomic E-state index is 0.0335. The molecule has 0 radical (unpaired) electrons. The molecule has 1 saturated carbocycles. The highest BCUT2D eigenvalue weighted by Crippen LogP contribution is 2.34. The highest BCUT2D eigenvalue weighted by molar-refractivity contribution is 7.15. The number of fused-ring (bicyclic) bond motifs is 1. The summed E-state index contributed by atoms with van der Waals surface area (Å²) in [6.45, 7) is 1.24. The van der Waals surface area contributed by atoms with Crippen LogP contribution >= 0.6 is 11.3 Å². The number of nitrogens with zero attached hydrogens (tertiary/aromatic N) is 2. The number of hydrogen-bond acceptors (Lipinski definition) is 4. The van der Waals surface area contributed by atoms with E-state index in [9.17, 15) is 9.59 Å². The topological polar surface area (TPSA) is 62.3 Å². The standard InChI is InChI=1S/C25H25N3O2S/c29-23(15-20(17-7-3-1-4-8-17)18-9-5-2-6-10-18)28-14-13-21-22(16-28)31-25(26-21)27-24(30)19-11-12-19/h1-10,19-20H,11-16H2,(H,26,27,30). The maximum atomic E-state index is 13.3. The second kappa shape index (κ2) is 8.63. The predicted octanol–water partition coefficient (Wildman–Crippen LogP) is 4.60. The highest BCUT2D eigenvalue weighted by atomic mass is 32.1. The van der Waals surface area contributed by atoms with Crippen LogP contribution in [0.25, 0.3) is 0 Å². The molecule has 0 spiro atoms. The molecule has 0 unspecified atom stereocenters. The van der Waals surface area contributed by atoms with Gasteiger partial charge in [0.05, 0.1) is 12.2 Å². The molecule has 158 valence electrons. The van der Waals surface area contributed by atoms with Gasteiger partial charge in [0, 0.05) is 36.1 Å². The van der Waals surface area contributed by atoms with Gasteiger partial charge >= 0.3 is 0 Å². The third kappa shape index (κ3) is 4.54. The minimum atomic E-state index is 0.0335. The Bertz CT molecular complexity index is 1040. The van der Waals surface area contributed by atoms with Crippen molar-refractivity contribution in [3.05, 3.63) is 82.4 Å². The minimum Gasteiger partial charge on any atom is -0.337 e. The molecule has 3 aromatic rings. The van der Waals surface area contributed by atoms with Crippen LogP contribution in [0.4, 0.5) is 5.13 Å². The molecule has 0 bridgehead atoms. The third-order valence-corrected chi connectivity index (χ3v) is 7.04. The summed E-state index contributed by atoms with van der Waals surface area (Å²) in [5.41, 5.74) is 3.33. The first-order chi connectivity index (χ1) is 15.2. The number of benzene rings is 2. The monoisotopic (exact) mass is 431 g/mol. The van der Waals surface area contributed by atoms with Gasteiger partial charge in [-0.25, -0.2) is 4.98 Å². The first-order valence-electron chi connectivity index (χ1n) is 10.8. The van der Waals surface area contributed by atoms with E-state index in [1.165, 1.54) is 11.3 Å². The molecular formula is C25H25N3O2S. The van der Waals surface area contributed by atoms with Gasteiger partial charge in [-0.1, -0.05) is 72.0 Å². The van der Waals surface area contributed by atoms with Crippen LogP contribution in [0.15, 0.2) is 60.7 Å². The fraction of sp³-hybridized carbons (Fsp3) is 0.320. The van der Waals surface area contributed by atoms with E-state index in [0.29, 0.717) is 24.6 Å². The van der Waals surface area contributed by atoms with Crippen LogP contribution in [-0.2, 0) is 22.6 Å². The molecule has 0 atom stereocenters. The Hall–Kier alpha value is -2.99. The second-order valence-corrected chi connectivity index (χ2v) is 9.38. The molecule has 1 N–H and O–H groups in total. The van der Waals surface area contributed by atoms with Gasteiger partial charge in [0.1, 0.15) is 0 Å². The number of hydrogen-bond donors (Lipinski definition) is 1. The van der Waals surface area contributed by atoms with Crippen molar-refractivity contribution in [1.29, 1.82) is 0 Å². The Morgan fingerprint density at radius 3 is 2.29 bits per heavy atom. The summed E-state index contributed by atoms with van der Waals surface area (Å²) < 4.78 is 0. The zero-order chi connectivity index (χ0) is 21.2. The van der Waals surface area contributed by atoms with E-state index < -0.39 is 0 Å². The van der Waals surface area contributed by atoms with Crippen LogP contribution in [0.5, 0.6) is 0 Å². The van der Waals surface area contributed by atoms with Gasteiger partial charge in [-0.2, -0.15) is 0 Å². The smallest absolute Gasteiger partial charge is 0.229 e. The first-order valence-corrected chi connectivity index (χ1v) is 11.7. The van der Waals surface area contributed by atoms with Crippen molar-refractivity contribution in [2.75, 3.05) is 11.9 Å². The van der Waals surface area contributed by atoms with Crippen molar-refractivity contribution in [2.24, 2.45) is 5.92 Å². The van der Waals surface area contributed by atoms with E-state index >= 15 is 0 Å². The highest BCUT2D eigenvalue weighted by Gasteiger charge is 2.31. The molecule has 5 nitrogen and oxygen atoms in total. The second-order valence-electron chi connectivity index (χ2n) is 8.30. The number of nitrogens with one attached hydrogen (secondary N) is 1. The Morgan fingerprint density at radius 2 is 1.68 bits per heavy atom. The van der Waals surface area contributed by atoms with Crippen LogP contribution in [0.2, 0.25) is 0 Å². The fourth-order valence-corrected chi connectivity index (χ4v) is 5.14. The molecule has 5 rings (SSSR count).